The highest BCUT2D eigenvalue weighted by molar-refractivity contribution is 6.29. The van der Waals surface area contributed by atoms with Crippen molar-refractivity contribution in [3.05, 3.63) is 47.4 Å². The molecule has 17 heavy (non-hydrogen) atoms. The first-order chi connectivity index (χ1) is 8.15. The maximum absolute atomic E-state index is 5.76. The number of hydrogen-bond donors (Lipinski definition) is 1. The van der Waals surface area contributed by atoms with Gasteiger partial charge >= 0.3 is 0 Å². The first-order valence-electron chi connectivity index (χ1n) is 5.49. The van der Waals surface area contributed by atoms with Gasteiger partial charge in [-0.1, -0.05) is 37.6 Å². The van der Waals surface area contributed by atoms with Crippen LogP contribution in [0.15, 0.2) is 36.7 Å². The van der Waals surface area contributed by atoms with E-state index in [1.807, 2.05) is 12.1 Å². The van der Waals surface area contributed by atoms with Gasteiger partial charge < -0.3 is 5.32 Å². The first-order valence-corrected chi connectivity index (χ1v) is 5.87. The Morgan fingerprint density at radius 2 is 1.82 bits per heavy atom. The number of nitrogens with one attached hydrogen (secondary N) is 1. The highest BCUT2D eigenvalue weighted by Gasteiger charge is 2.00. The van der Waals surface area contributed by atoms with Crippen LogP contribution in [0.5, 0.6) is 0 Å². The molecule has 1 heterocycles. The van der Waals surface area contributed by atoms with Crippen molar-refractivity contribution in [2.75, 3.05) is 5.32 Å². The Morgan fingerprint density at radius 1 is 1.12 bits per heavy atom. The van der Waals surface area contributed by atoms with Crippen molar-refractivity contribution in [1.82, 2.24) is 9.97 Å². The van der Waals surface area contributed by atoms with E-state index in [-0.39, 0.29) is 0 Å². The van der Waals surface area contributed by atoms with Gasteiger partial charge in [0, 0.05) is 5.69 Å². The number of nitrogens with zero attached hydrogens (tertiary/aromatic N) is 2. The van der Waals surface area contributed by atoms with Gasteiger partial charge in [-0.15, -0.1) is 0 Å². The van der Waals surface area contributed by atoms with Crippen LogP contribution in [0.2, 0.25) is 5.15 Å². The van der Waals surface area contributed by atoms with Crippen LogP contribution in [0.1, 0.15) is 25.3 Å². The summed E-state index contributed by atoms with van der Waals surface area (Å²) in [7, 11) is 0. The lowest BCUT2D eigenvalue weighted by Crippen LogP contribution is -1.95. The van der Waals surface area contributed by atoms with E-state index in [2.05, 4.69) is 41.3 Å². The van der Waals surface area contributed by atoms with E-state index in [9.17, 15) is 0 Å². The lowest BCUT2D eigenvalue weighted by Gasteiger charge is -2.08. The molecular weight excluding hydrogens is 234 g/mol. The smallest absolute Gasteiger partial charge is 0.150 e. The molecule has 0 aliphatic heterocycles. The average molecular weight is 248 g/mol. The number of benzene rings is 1. The second kappa shape index (κ2) is 5.15. The van der Waals surface area contributed by atoms with Crippen LogP contribution in [0.25, 0.3) is 0 Å². The van der Waals surface area contributed by atoms with Crippen LogP contribution >= 0.6 is 11.6 Å². The largest absolute Gasteiger partial charge is 0.339 e. The van der Waals surface area contributed by atoms with E-state index < -0.39 is 0 Å². The predicted octanol–water partition coefficient (Wildman–Crippen LogP) is 4.00. The Morgan fingerprint density at radius 3 is 2.41 bits per heavy atom. The first kappa shape index (κ1) is 11.9. The molecule has 2 rings (SSSR count). The summed E-state index contributed by atoms with van der Waals surface area (Å²) in [5.74, 6) is 1.19. The third-order valence-corrected chi connectivity index (χ3v) is 2.64. The summed E-state index contributed by atoms with van der Waals surface area (Å²) < 4.78 is 0. The Labute approximate surface area is 106 Å². The van der Waals surface area contributed by atoms with Crippen molar-refractivity contribution in [2.24, 2.45) is 0 Å². The highest BCUT2D eigenvalue weighted by Crippen LogP contribution is 2.19. The highest BCUT2D eigenvalue weighted by atomic mass is 35.5. The van der Waals surface area contributed by atoms with E-state index in [4.69, 9.17) is 11.6 Å². The van der Waals surface area contributed by atoms with E-state index in [0.717, 1.165) is 5.69 Å². The predicted molar refractivity (Wildman–Crippen MR) is 70.9 cm³/mol. The second-order valence-electron chi connectivity index (χ2n) is 4.13. The molecule has 0 fully saturated rings. The van der Waals surface area contributed by atoms with Gasteiger partial charge in [0.1, 0.15) is 5.15 Å². The summed E-state index contributed by atoms with van der Waals surface area (Å²) in [6, 6.07) is 8.26. The molecule has 0 bridgehead atoms. The minimum Gasteiger partial charge on any atom is -0.339 e. The van der Waals surface area contributed by atoms with Gasteiger partial charge in [-0.3, -0.25) is 4.98 Å². The molecule has 0 saturated heterocycles. The van der Waals surface area contributed by atoms with E-state index in [1.54, 1.807) is 6.20 Å². The van der Waals surface area contributed by atoms with Crippen LogP contribution in [0.4, 0.5) is 11.5 Å². The maximum Gasteiger partial charge on any atom is 0.150 e. The van der Waals surface area contributed by atoms with Gasteiger partial charge in [-0.05, 0) is 23.6 Å². The lowest BCUT2D eigenvalue weighted by atomic mass is 10.0. The lowest BCUT2D eigenvalue weighted by molar-refractivity contribution is 0.867. The van der Waals surface area contributed by atoms with Crippen molar-refractivity contribution in [3.63, 3.8) is 0 Å². The van der Waals surface area contributed by atoms with E-state index in [1.165, 1.54) is 11.8 Å². The topological polar surface area (TPSA) is 37.8 Å². The minimum absolute atomic E-state index is 0.383. The third kappa shape index (κ3) is 3.17. The summed E-state index contributed by atoms with van der Waals surface area (Å²) in [6.45, 7) is 4.34. The zero-order valence-corrected chi connectivity index (χ0v) is 10.6. The van der Waals surface area contributed by atoms with E-state index in [0.29, 0.717) is 16.9 Å². The fourth-order valence-corrected chi connectivity index (χ4v) is 1.65. The Bertz CT molecular complexity index is 494. The molecule has 88 valence electrons. The number of rotatable bonds is 3. The van der Waals surface area contributed by atoms with Gasteiger partial charge in [0.2, 0.25) is 0 Å². The molecule has 3 nitrogen and oxygen atoms in total. The zero-order chi connectivity index (χ0) is 12.3. The molecular formula is C13H14ClN3. The summed E-state index contributed by atoms with van der Waals surface area (Å²) in [5, 5.41) is 3.54. The molecule has 0 atom stereocenters. The molecule has 0 aliphatic rings. The number of hydrogen-bond acceptors (Lipinski definition) is 3. The van der Waals surface area contributed by atoms with Gasteiger partial charge in [-0.2, -0.15) is 0 Å². The quantitative estimate of drug-likeness (QED) is 0.891. The normalized spacial score (nSPS) is 10.6. The molecule has 2 aromatic rings. The SMILES string of the molecule is CC(C)c1ccc(Nc2cncc(Cl)n2)cc1. The summed E-state index contributed by atoms with van der Waals surface area (Å²) in [6.07, 6.45) is 3.15. The Kier molecular flexibility index (Phi) is 3.59. The molecule has 0 radical (unpaired) electrons. The van der Waals surface area contributed by atoms with Gasteiger partial charge in [0.25, 0.3) is 0 Å². The summed E-state index contributed by atoms with van der Waals surface area (Å²) in [5.41, 5.74) is 2.29. The van der Waals surface area contributed by atoms with Crippen LogP contribution in [0.3, 0.4) is 0 Å². The van der Waals surface area contributed by atoms with Crippen LogP contribution < -0.4 is 5.32 Å². The molecule has 0 amide bonds. The average Bonchev–Trinajstić information content (AvgIpc) is 2.29. The molecule has 0 spiro atoms. The minimum atomic E-state index is 0.383. The molecule has 4 heteroatoms. The van der Waals surface area contributed by atoms with Crippen molar-refractivity contribution < 1.29 is 0 Å². The van der Waals surface area contributed by atoms with Gasteiger partial charge in [0.15, 0.2) is 5.82 Å². The molecule has 1 aromatic heterocycles. The Hall–Kier alpha value is -1.61. The van der Waals surface area contributed by atoms with Crippen molar-refractivity contribution in [3.8, 4) is 0 Å². The molecule has 0 unspecified atom stereocenters. The van der Waals surface area contributed by atoms with E-state index >= 15 is 0 Å². The number of halogens is 1. The van der Waals surface area contributed by atoms with Crippen molar-refractivity contribution >= 4 is 23.1 Å². The molecule has 0 aliphatic carbocycles. The fraction of sp³-hybridized carbons (Fsp3) is 0.231. The maximum atomic E-state index is 5.76. The fourth-order valence-electron chi connectivity index (χ4n) is 1.50. The zero-order valence-electron chi connectivity index (χ0n) is 9.81. The van der Waals surface area contributed by atoms with Crippen LogP contribution in [-0.2, 0) is 0 Å². The van der Waals surface area contributed by atoms with Crippen LogP contribution in [0, 0.1) is 0 Å². The van der Waals surface area contributed by atoms with Crippen molar-refractivity contribution in [1.29, 1.82) is 0 Å². The third-order valence-electron chi connectivity index (χ3n) is 2.45. The number of anilines is 2. The van der Waals surface area contributed by atoms with Gasteiger partial charge in [-0.25, -0.2) is 4.98 Å². The van der Waals surface area contributed by atoms with Crippen LogP contribution in [-0.4, -0.2) is 9.97 Å². The monoisotopic (exact) mass is 247 g/mol. The Balaban J connectivity index is 2.14. The van der Waals surface area contributed by atoms with Crippen molar-refractivity contribution in [2.45, 2.75) is 19.8 Å². The summed E-state index contributed by atoms with van der Waals surface area (Å²) in [4.78, 5) is 8.09. The number of aromatic nitrogens is 2. The molecule has 1 N–H and O–H groups in total. The molecule has 1 aromatic carbocycles. The summed E-state index contributed by atoms with van der Waals surface area (Å²) >= 11 is 5.76. The molecule has 0 saturated carbocycles. The standard InChI is InChI=1S/C13H14ClN3/c1-9(2)10-3-5-11(6-4-10)16-13-8-15-7-12(14)17-13/h3-9H,1-2H3,(H,16,17). The second-order valence-corrected chi connectivity index (χ2v) is 4.52. The van der Waals surface area contributed by atoms with Gasteiger partial charge in [0.05, 0.1) is 12.4 Å².